The summed E-state index contributed by atoms with van der Waals surface area (Å²) in [5, 5.41) is 3.46. The van der Waals surface area contributed by atoms with Crippen LogP contribution >= 0.6 is 0 Å². The predicted molar refractivity (Wildman–Crippen MR) is 84.2 cm³/mol. The van der Waals surface area contributed by atoms with Gasteiger partial charge in [-0.1, -0.05) is 19.1 Å². The monoisotopic (exact) mass is 276 g/mol. The van der Waals surface area contributed by atoms with Gasteiger partial charge in [-0.15, -0.1) is 0 Å². The van der Waals surface area contributed by atoms with Crippen molar-refractivity contribution in [3.05, 3.63) is 29.8 Å². The van der Waals surface area contributed by atoms with Crippen LogP contribution in [0.3, 0.4) is 0 Å². The minimum absolute atomic E-state index is 0.383. The summed E-state index contributed by atoms with van der Waals surface area (Å²) in [6, 6.07) is 9.49. The Labute approximate surface area is 123 Å². The van der Waals surface area contributed by atoms with Crippen molar-refractivity contribution < 1.29 is 4.74 Å². The Morgan fingerprint density at radius 1 is 1.25 bits per heavy atom. The maximum atomic E-state index is 5.23. The van der Waals surface area contributed by atoms with Crippen LogP contribution in [0.2, 0.25) is 0 Å². The number of rotatable bonds is 5. The molecule has 3 unspecified atom stereocenters. The molecule has 3 nitrogen and oxygen atoms in total. The molecule has 1 saturated heterocycles. The highest BCUT2D eigenvalue weighted by Gasteiger charge is 2.25. The summed E-state index contributed by atoms with van der Waals surface area (Å²) in [4.78, 5) is 2.62. The zero-order valence-corrected chi connectivity index (χ0v) is 13.2. The van der Waals surface area contributed by atoms with E-state index < -0.39 is 0 Å². The van der Waals surface area contributed by atoms with Crippen LogP contribution in [-0.4, -0.2) is 38.2 Å². The van der Waals surface area contributed by atoms with Crippen LogP contribution in [0.5, 0.6) is 5.75 Å². The number of likely N-dealkylation sites (tertiary alicyclic amines) is 1. The molecule has 1 aromatic carbocycles. The maximum absolute atomic E-state index is 5.23. The molecule has 0 aromatic heterocycles. The molecule has 3 heteroatoms. The van der Waals surface area contributed by atoms with E-state index in [1.165, 1.54) is 24.9 Å². The molecule has 1 aliphatic heterocycles. The SMILES string of the molecule is CNC(CN1CC(C)CCC1C)c1ccc(OC)cc1. The van der Waals surface area contributed by atoms with Crippen molar-refractivity contribution in [2.45, 2.75) is 38.8 Å². The first-order chi connectivity index (χ1) is 9.63. The van der Waals surface area contributed by atoms with E-state index in [9.17, 15) is 0 Å². The van der Waals surface area contributed by atoms with Gasteiger partial charge in [0.2, 0.25) is 0 Å². The normalized spacial score (nSPS) is 25.4. The fourth-order valence-electron chi connectivity index (χ4n) is 3.07. The summed E-state index contributed by atoms with van der Waals surface area (Å²) in [5.41, 5.74) is 1.33. The highest BCUT2D eigenvalue weighted by Crippen LogP contribution is 2.25. The molecule has 0 bridgehead atoms. The Bertz CT molecular complexity index is 404. The van der Waals surface area contributed by atoms with Gasteiger partial charge < -0.3 is 10.1 Å². The quantitative estimate of drug-likeness (QED) is 0.894. The van der Waals surface area contributed by atoms with Crippen molar-refractivity contribution in [3.63, 3.8) is 0 Å². The first-order valence-electron chi connectivity index (χ1n) is 7.69. The Kier molecular flexibility index (Phi) is 5.44. The average molecular weight is 276 g/mol. The number of likely N-dealkylation sites (N-methyl/N-ethyl adjacent to an activating group) is 1. The topological polar surface area (TPSA) is 24.5 Å². The summed E-state index contributed by atoms with van der Waals surface area (Å²) in [6.45, 7) is 7.01. The van der Waals surface area contributed by atoms with Gasteiger partial charge in [-0.05, 0) is 50.4 Å². The third kappa shape index (κ3) is 3.74. The van der Waals surface area contributed by atoms with Crippen LogP contribution < -0.4 is 10.1 Å². The highest BCUT2D eigenvalue weighted by atomic mass is 16.5. The second kappa shape index (κ2) is 7.09. The second-order valence-corrected chi connectivity index (χ2v) is 6.10. The van der Waals surface area contributed by atoms with Crippen molar-refractivity contribution in [2.75, 3.05) is 27.2 Å². The van der Waals surface area contributed by atoms with Crippen molar-refractivity contribution in [1.29, 1.82) is 0 Å². The van der Waals surface area contributed by atoms with Crippen LogP contribution in [-0.2, 0) is 0 Å². The Morgan fingerprint density at radius 2 is 1.95 bits per heavy atom. The maximum Gasteiger partial charge on any atom is 0.118 e. The number of piperidine rings is 1. The molecular formula is C17H28N2O. The molecule has 1 N–H and O–H groups in total. The van der Waals surface area contributed by atoms with E-state index in [4.69, 9.17) is 4.74 Å². The Balaban J connectivity index is 2.03. The standard InChI is InChI=1S/C17H28N2O/c1-13-5-6-14(2)19(11-13)12-17(18-3)15-7-9-16(20-4)10-8-15/h7-10,13-14,17-18H,5-6,11-12H2,1-4H3. The van der Waals surface area contributed by atoms with Gasteiger partial charge in [-0.3, -0.25) is 4.90 Å². The second-order valence-electron chi connectivity index (χ2n) is 6.10. The Morgan fingerprint density at radius 3 is 2.55 bits per heavy atom. The van der Waals surface area contributed by atoms with Crippen LogP contribution in [0.1, 0.15) is 38.3 Å². The lowest BCUT2D eigenvalue weighted by atomic mass is 9.94. The first-order valence-corrected chi connectivity index (χ1v) is 7.69. The number of nitrogens with one attached hydrogen (secondary N) is 1. The lowest BCUT2D eigenvalue weighted by molar-refractivity contribution is 0.113. The van der Waals surface area contributed by atoms with Crippen LogP contribution in [0.4, 0.5) is 0 Å². The van der Waals surface area contributed by atoms with Gasteiger partial charge >= 0.3 is 0 Å². The van der Waals surface area contributed by atoms with Crippen molar-refractivity contribution >= 4 is 0 Å². The number of ether oxygens (including phenoxy) is 1. The highest BCUT2D eigenvalue weighted by molar-refractivity contribution is 5.29. The van der Waals surface area contributed by atoms with Crippen LogP contribution in [0.15, 0.2) is 24.3 Å². The van der Waals surface area contributed by atoms with Gasteiger partial charge in [-0.25, -0.2) is 0 Å². The molecule has 0 radical (unpaired) electrons. The largest absolute Gasteiger partial charge is 0.497 e. The van der Waals surface area contributed by atoms with E-state index >= 15 is 0 Å². The van der Waals surface area contributed by atoms with Gasteiger partial charge in [0.15, 0.2) is 0 Å². The number of nitrogens with zero attached hydrogens (tertiary/aromatic N) is 1. The summed E-state index contributed by atoms with van der Waals surface area (Å²) in [7, 11) is 3.76. The van der Waals surface area contributed by atoms with E-state index in [-0.39, 0.29) is 0 Å². The molecule has 0 amide bonds. The van der Waals surface area contributed by atoms with E-state index in [2.05, 4.69) is 36.2 Å². The van der Waals surface area contributed by atoms with Gasteiger partial charge in [0.25, 0.3) is 0 Å². The summed E-state index contributed by atoms with van der Waals surface area (Å²) >= 11 is 0. The van der Waals surface area contributed by atoms with E-state index in [1.807, 2.05) is 19.2 Å². The van der Waals surface area contributed by atoms with Gasteiger partial charge in [0.1, 0.15) is 5.75 Å². The number of hydrogen-bond donors (Lipinski definition) is 1. The number of hydrogen-bond acceptors (Lipinski definition) is 3. The Hall–Kier alpha value is -1.06. The number of benzene rings is 1. The minimum atomic E-state index is 0.383. The summed E-state index contributed by atoms with van der Waals surface area (Å²) in [6.07, 6.45) is 2.69. The average Bonchev–Trinajstić information content (AvgIpc) is 2.48. The van der Waals surface area contributed by atoms with Gasteiger partial charge in [-0.2, -0.15) is 0 Å². The van der Waals surface area contributed by atoms with Crippen LogP contribution in [0.25, 0.3) is 0 Å². The van der Waals surface area contributed by atoms with Crippen molar-refractivity contribution in [1.82, 2.24) is 10.2 Å². The lowest BCUT2D eigenvalue weighted by Crippen LogP contribution is -2.44. The molecule has 3 atom stereocenters. The first kappa shape index (κ1) is 15.3. The lowest BCUT2D eigenvalue weighted by Gasteiger charge is -2.38. The van der Waals surface area contributed by atoms with Crippen molar-refractivity contribution in [3.8, 4) is 5.75 Å². The molecule has 2 rings (SSSR count). The molecule has 1 heterocycles. The summed E-state index contributed by atoms with van der Waals surface area (Å²) < 4.78 is 5.23. The zero-order valence-electron chi connectivity index (χ0n) is 13.2. The molecule has 0 spiro atoms. The predicted octanol–water partition coefficient (Wildman–Crippen LogP) is 3.08. The molecule has 1 aliphatic rings. The molecule has 1 aromatic rings. The van der Waals surface area contributed by atoms with E-state index in [0.29, 0.717) is 12.1 Å². The fourth-order valence-corrected chi connectivity index (χ4v) is 3.07. The van der Waals surface area contributed by atoms with E-state index in [0.717, 1.165) is 18.2 Å². The van der Waals surface area contributed by atoms with Crippen LogP contribution in [0, 0.1) is 5.92 Å². The van der Waals surface area contributed by atoms with Gasteiger partial charge in [0.05, 0.1) is 7.11 Å². The molecular weight excluding hydrogens is 248 g/mol. The molecule has 112 valence electrons. The number of methoxy groups -OCH3 is 1. The van der Waals surface area contributed by atoms with E-state index in [1.54, 1.807) is 7.11 Å². The molecule has 20 heavy (non-hydrogen) atoms. The summed E-state index contributed by atoms with van der Waals surface area (Å²) in [5.74, 6) is 1.74. The molecule has 1 fully saturated rings. The molecule has 0 saturated carbocycles. The van der Waals surface area contributed by atoms with Gasteiger partial charge in [0, 0.05) is 25.2 Å². The zero-order chi connectivity index (χ0) is 14.5. The third-order valence-corrected chi connectivity index (χ3v) is 4.53. The fraction of sp³-hybridized carbons (Fsp3) is 0.647. The minimum Gasteiger partial charge on any atom is -0.497 e. The van der Waals surface area contributed by atoms with Crippen molar-refractivity contribution in [2.24, 2.45) is 5.92 Å². The molecule has 0 aliphatic carbocycles. The smallest absolute Gasteiger partial charge is 0.118 e. The third-order valence-electron chi connectivity index (χ3n) is 4.53.